The van der Waals surface area contributed by atoms with Crippen molar-refractivity contribution in [3.8, 4) is 0 Å². The average molecular weight is 164 g/mol. The number of amides is 1. The summed E-state index contributed by atoms with van der Waals surface area (Å²) in [7, 11) is 0. The maximum absolute atomic E-state index is 12.2. The zero-order valence-corrected chi connectivity index (χ0v) is 5.94. The Hall–Kier alpha value is -0.710. The molecule has 11 heavy (non-hydrogen) atoms. The summed E-state index contributed by atoms with van der Waals surface area (Å²) in [5.41, 5.74) is 3.24. The van der Waals surface area contributed by atoms with E-state index in [2.05, 4.69) is 5.32 Å². The molecule has 0 aromatic heterocycles. The second kappa shape index (κ2) is 2.73. The molecule has 1 atom stereocenters. The van der Waals surface area contributed by atoms with Gasteiger partial charge in [-0.25, -0.2) is 8.78 Å². The molecule has 1 rings (SSSR count). The summed E-state index contributed by atoms with van der Waals surface area (Å²) in [5, 5.41) is 2.31. The van der Waals surface area contributed by atoms with Gasteiger partial charge >= 0.3 is 0 Å². The molecule has 0 aromatic rings. The van der Waals surface area contributed by atoms with Gasteiger partial charge in [0.2, 0.25) is 5.91 Å². The maximum Gasteiger partial charge on any atom is 0.265 e. The average Bonchev–Trinajstić information content (AvgIpc) is 1.95. The molecule has 1 saturated heterocycles. The Bertz CT molecular complexity index is 174. The van der Waals surface area contributed by atoms with Crippen LogP contribution in [0.25, 0.3) is 0 Å². The van der Waals surface area contributed by atoms with Crippen LogP contribution in [0.1, 0.15) is 12.8 Å². The fourth-order valence-electron chi connectivity index (χ4n) is 1.07. The Kier molecular flexibility index (Phi) is 2.08. The lowest BCUT2D eigenvalue weighted by Crippen LogP contribution is -2.61. The Labute approximate surface area is 62.9 Å². The molecular weight excluding hydrogens is 154 g/mol. The third-order valence-electron chi connectivity index (χ3n) is 1.86. The van der Waals surface area contributed by atoms with Gasteiger partial charge in [0.05, 0.1) is 0 Å². The first kappa shape index (κ1) is 8.39. The highest BCUT2D eigenvalue weighted by atomic mass is 19.3. The highest BCUT2D eigenvalue weighted by Gasteiger charge is 2.44. The van der Waals surface area contributed by atoms with Crippen molar-refractivity contribution in [1.82, 2.24) is 5.32 Å². The number of nitrogens with one attached hydrogen (secondary N) is 1. The van der Waals surface area contributed by atoms with Crippen molar-refractivity contribution < 1.29 is 13.6 Å². The minimum atomic E-state index is -2.78. The van der Waals surface area contributed by atoms with Gasteiger partial charge in [-0.3, -0.25) is 4.79 Å². The lowest BCUT2D eigenvalue weighted by molar-refractivity contribution is -0.134. The number of carbonyl (C=O) groups is 1. The topological polar surface area (TPSA) is 55.1 Å². The van der Waals surface area contributed by atoms with Gasteiger partial charge in [-0.2, -0.15) is 0 Å². The van der Waals surface area contributed by atoms with E-state index in [0.29, 0.717) is 13.0 Å². The minimum Gasteiger partial charge on any atom is -0.354 e. The van der Waals surface area contributed by atoms with Crippen LogP contribution in [-0.2, 0) is 4.79 Å². The molecule has 3 N–H and O–H groups in total. The van der Waals surface area contributed by atoms with Gasteiger partial charge in [-0.05, 0) is 12.8 Å². The van der Waals surface area contributed by atoms with Crippen molar-refractivity contribution in [3.63, 3.8) is 0 Å². The van der Waals surface area contributed by atoms with Crippen molar-refractivity contribution in [2.24, 2.45) is 5.73 Å². The largest absolute Gasteiger partial charge is 0.354 e. The van der Waals surface area contributed by atoms with Crippen molar-refractivity contribution in [3.05, 3.63) is 0 Å². The Morgan fingerprint density at radius 2 is 2.27 bits per heavy atom. The number of halogens is 2. The van der Waals surface area contributed by atoms with E-state index in [0.717, 1.165) is 0 Å². The van der Waals surface area contributed by atoms with Crippen molar-refractivity contribution in [2.45, 2.75) is 24.8 Å². The quantitative estimate of drug-likeness (QED) is 0.566. The first-order valence-electron chi connectivity index (χ1n) is 3.43. The summed E-state index contributed by atoms with van der Waals surface area (Å²) in [4.78, 5) is 10.8. The minimum absolute atomic E-state index is 0.0660. The fourth-order valence-corrected chi connectivity index (χ4v) is 1.07. The molecule has 1 fully saturated rings. The van der Waals surface area contributed by atoms with Crippen LogP contribution in [-0.4, -0.2) is 24.4 Å². The smallest absolute Gasteiger partial charge is 0.265 e. The van der Waals surface area contributed by atoms with Crippen LogP contribution >= 0.6 is 0 Å². The zero-order chi connectivity index (χ0) is 8.48. The fraction of sp³-hybridized carbons (Fsp3) is 0.833. The lowest BCUT2D eigenvalue weighted by Gasteiger charge is -2.30. The normalized spacial score (nSPS) is 32.2. The molecule has 3 nitrogen and oxygen atoms in total. The van der Waals surface area contributed by atoms with Gasteiger partial charge < -0.3 is 11.1 Å². The third-order valence-corrected chi connectivity index (χ3v) is 1.86. The second-order valence-electron chi connectivity index (χ2n) is 2.70. The van der Waals surface area contributed by atoms with E-state index in [1.807, 2.05) is 0 Å². The zero-order valence-electron chi connectivity index (χ0n) is 5.94. The van der Waals surface area contributed by atoms with Crippen LogP contribution in [0.3, 0.4) is 0 Å². The van der Waals surface area contributed by atoms with E-state index < -0.39 is 17.9 Å². The summed E-state index contributed by atoms with van der Waals surface area (Å²) < 4.78 is 24.3. The van der Waals surface area contributed by atoms with Crippen molar-refractivity contribution >= 4 is 5.91 Å². The second-order valence-corrected chi connectivity index (χ2v) is 2.70. The molecule has 0 bridgehead atoms. The molecule has 0 spiro atoms. The Balaban J connectivity index is 2.73. The number of rotatable bonds is 1. The number of carbonyl (C=O) groups excluding carboxylic acids is 1. The number of hydrogen-bond donors (Lipinski definition) is 2. The van der Waals surface area contributed by atoms with Crippen LogP contribution < -0.4 is 11.1 Å². The van der Waals surface area contributed by atoms with Crippen LogP contribution in [0.5, 0.6) is 0 Å². The van der Waals surface area contributed by atoms with Gasteiger partial charge in [0.25, 0.3) is 6.43 Å². The van der Waals surface area contributed by atoms with Crippen molar-refractivity contribution in [2.75, 3.05) is 6.54 Å². The van der Waals surface area contributed by atoms with E-state index in [9.17, 15) is 13.6 Å². The lowest BCUT2D eigenvalue weighted by atomic mass is 9.91. The molecule has 64 valence electrons. The predicted octanol–water partition coefficient (Wildman–Crippen LogP) is -0.141. The summed E-state index contributed by atoms with van der Waals surface area (Å²) in [5.74, 6) is -0.737. The molecule has 1 heterocycles. The standard InChI is InChI=1S/C6H10F2N2O/c7-4(8)6(9)2-1-3-10-5(6)11/h4H,1-3,9H2,(H,10,11). The van der Waals surface area contributed by atoms with E-state index in [4.69, 9.17) is 5.73 Å². The third kappa shape index (κ3) is 1.33. The van der Waals surface area contributed by atoms with Crippen LogP contribution in [0, 0.1) is 0 Å². The Morgan fingerprint density at radius 3 is 2.64 bits per heavy atom. The molecule has 1 aliphatic heterocycles. The van der Waals surface area contributed by atoms with E-state index in [1.165, 1.54) is 0 Å². The van der Waals surface area contributed by atoms with E-state index in [1.54, 1.807) is 0 Å². The number of alkyl halides is 2. The van der Waals surface area contributed by atoms with Gasteiger partial charge in [0.1, 0.15) is 0 Å². The van der Waals surface area contributed by atoms with Crippen LogP contribution in [0.2, 0.25) is 0 Å². The SMILES string of the molecule is NC1(C(F)F)CCCNC1=O. The molecule has 0 saturated carbocycles. The molecule has 0 aromatic carbocycles. The Morgan fingerprint density at radius 1 is 1.64 bits per heavy atom. The first-order valence-corrected chi connectivity index (χ1v) is 3.43. The van der Waals surface area contributed by atoms with E-state index in [-0.39, 0.29) is 6.42 Å². The molecule has 0 radical (unpaired) electrons. The molecule has 5 heteroatoms. The van der Waals surface area contributed by atoms with E-state index >= 15 is 0 Å². The van der Waals surface area contributed by atoms with Crippen LogP contribution in [0.15, 0.2) is 0 Å². The molecule has 1 unspecified atom stereocenters. The molecule has 0 aliphatic carbocycles. The number of nitrogens with two attached hydrogens (primary N) is 1. The highest BCUT2D eigenvalue weighted by molar-refractivity contribution is 5.87. The maximum atomic E-state index is 12.2. The van der Waals surface area contributed by atoms with Gasteiger partial charge in [0, 0.05) is 6.54 Å². The summed E-state index contributed by atoms with van der Waals surface area (Å²) >= 11 is 0. The summed E-state index contributed by atoms with van der Waals surface area (Å²) in [6.45, 7) is 0.449. The predicted molar refractivity (Wildman–Crippen MR) is 35.2 cm³/mol. The first-order chi connectivity index (χ1) is 5.07. The van der Waals surface area contributed by atoms with Crippen LogP contribution in [0.4, 0.5) is 8.78 Å². The number of piperidine rings is 1. The monoisotopic (exact) mass is 164 g/mol. The summed E-state index contributed by atoms with van der Waals surface area (Å²) in [6, 6.07) is 0. The summed E-state index contributed by atoms with van der Waals surface area (Å²) in [6.07, 6.45) is -2.19. The molecule has 1 amide bonds. The van der Waals surface area contributed by atoms with Gasteiger partial charge in [-0.15, -0.1) is 0 Å². The molecule has 1 aliphatic rings. The van der Waals surface area contributed by atoms with Gasteiger partial charge in [-0.1, -0.05) is 0 Å². The number of hydrogen-bond acceptors (Lipinski definition) is 2. The van der Waals surface area contributed by atoms with Crippen molar-refractivity contribution in [1.29, 1.82) is 0 Å². The highest BCUT2D eigenvalue weighted by Crippen LogP contribution is 2.21. The molecular formula is C6H10F2N2O. The van der Waals surface area contributed by atoms with Gasteiger partial charge in [0.15, 0.2) is 5.54 Å².